The van der Waals surface area contributed by atoms with Crippen molar-refractivity contribution in [1.29, 1.82) is 0 Å². The fourth-order valence-corrected chi connectivity index (χ4v) is 6.30. The Bertz CT molecular complexity index is 1440. The number of hydrogen-bond donors (Lipinski definition) is 2. The van der Waals surface area contributed by atoms with E-state index >= 15 is 4.39 Å². The number of aromatic hydroxyl groups is 1. The zero-order valence-corrected chi connectivity index (χ0v) is 21.4. The Morgan fingerprint density at radius 1 is 1.14 bits per heavy atom. The first kappa shape index (κ1) is 21.1. The van der Waals surface area contributed by atoms with Crippen LogP contribution in [0.5, 0.6) is 5.75 Å². The van der Waals surface area contributed by atoms with Gasteiger partial charge in [0.05, 0.1) is 29.0 Å². The molecular formula is C27H30F2N6OS. The van der Waals surface area contributed by atoms with E-state index in [1.165, 1.54) is 12.1 Å². The van der Waals surface area contributed by atoms with Crippen molar-refractivity contribution in [2.24, 2.45) is 0 Å². The van der Waals surface area contributed by atoms with Gasteiger partial charge in [-0.1, -0.05) is 6.07 Å². The molecule has 1 saturated carbocycles. The summed E-state index contributed by atoms with van der Waals surface area (Å²) in [5.41, 5.74) is 0.0613. The number of anilines is 1. The Kier molecular flexibility index (Phi) is 5.06. The van der Waals surface area contributed by atoms with Crippen molar-refractivity contribution in [3.63, 3.8) is 0 Å². The molecule has 3 aromatic rings. The van der Waals surface area contributed by atoms with Crippen molar-refractivity contribution in [1.82, 2.24) is 25.5 Å². The minimum Gasteiger partial charge on any atom is -0.507 e. The van der Waals surface area contributed by atoms with Crippen LogP contribution in [0.1, 0.15) is 50.1 Å². The standard InChI is InChI=1S/C27H30F2N6OS/c1-26-8-9-27(2,34-26)24(29)20(12-26)35(16-5-6-16)22-14-31-25(33-32-22)17-7-4-15(10-21(17)36)18-11-23(37-3)30-13-19(18)28/h4,7,10-11,13-14,16,20,24,34,36H,5-6,8-9,12H2,1-3H3/t20-,24-,26-,27+/m1/s1/i3D3. The summed E-state index contributed by atoms with van der Waals surface area (Å²) in [5.74, 6) is -0.142. The number of hydrogen-bond acceptors (Lipinski definition) is 8. The maximum atomic E-state index is 15.9. The van der Waals surface area contributed by atoms with Crippen LogP contribution in [-0.4, -0.2) is 60.8 Å². The van der Waals surface area contributed by atoms with Crippen LogP contribution >= 0.6 is 11.8 Å². The van der Waals surface area contributed by atoms with Crippen LogP contribution in [0.15, 0.2) is 41.7 Å². The molecule has 2 aliphatic heterocycles. The molecule has 1 aromatic carbocycles. The summed E-state index contributed by atoms with van der Waals surface area (Å²) in [5, 5.41) is 23.1. The molecule has 2 saturated heterocycles. The summed E-state index contributed by atoms with van der Waals surface area (Å²) in [6, 6.07) is 5.72. The fraction of sp³-hybridized carbons (Fsp3) is 0.481. The molecule has 4 heterocycles. The second-order valence-corrected chi connectivity index (χ2v) is 11.5. The number of thioether (sulfide) groups is 1. The van der Waals surface area contributed by atoms with Crippen LogP contribution in [0.2, 0.25) is 0 Å². The number of nitrogens with one attached hydrogen (secondary N) is 1. The number of fused-ring (bicyclic) bond motifs is 2. The van der Waals surface area contributed by atoms with E-state index < -0.39 is 23.7 Å². The van der Waals surface area contributed by atoms with Crippen molar-refractivity contribution in [3.05, 3.63) is 42.5 Å². The first-order chi connectivity index (χ1) is 18.8. The summed E-state index contributed by atoms with van der Waals surface area (Å²) in [6.07, 6.45) is 3.48. The second kappa shape index (κ2) is 8.87. The van der Waals surface area contributed by atoms with E-state index in [-0.39, 0.29) is 39.8 Å². The zero-order valence-electron chi connectivity index (χ0n) is 23.6. The molecule has 2 bridgehead atoms. The van der Waals surface area contributed by atoms with Crippen LogP contribution in [0.4, 0.5) is 14.6 Å². The third kappa shape index (κ3) is 4.33. The maximum Gasteiger partial charge on any atom is 0.185 e. The highest BCUT2D eigenvalue weighted by Crippen LogP contribution is 2.48. The van der Waals surface area contributed by atoms with Crippen LogP contribution < -0.4 is 10.2 Å². The lowest BCUT2D eigenvalue weighted by Gasteiger charge is -2.48. The number of nitrogens with zero attached hydrogens (tertiary/aromatic N) is 5. The van der Waals surface area contributed by atoms with E-state index in [2.05, 4.69) is 37.3 Å². The van der Waals surface area contributed by atoms with E-state index in [1.807, 2.05) is 6.92 Å². The van der Waals surface area contributed by atoms with Crippen molar-refractivity contribution in [2.45, 2.75) is 80.3 Å². The van der Waals surface area contributed by atoms with Crippen molar-refractivity contribution < 1.29 is 18.0 Å². The van der Waals surface area contributed by atoms with E-state index in [0.717, 1.165) is 31.9 Å². The molecule has 6 rings (SSSR count). The average Bonchev–Trinajstić information content (AvgIpc) is 3.68. The van der Waals surface area contributed by atoms with Gasteiger partial charge in [-0.25, -0.2) is 18.7 Å². The summed E-state index contributed by atoms with van der Waals surface area (Å²) in [6.45, 7) is 4.12. The van der Waals surface area contributed by atoms with E-state index in [4.69, 9.17) is 4.11 Å². The molecule has 10 heteroatoms. The van der Waals surface area contributed by atoms with Crippen molar-refractivity contribution in [3.8, 4) is 28.3 Å². The van der Waals surface area contributed by atoms with Gasteiger partial charge >= 0.3 is 0 Å². The predicted octanol–water partition coefficient (Wildman–Crippen LogP) is 5.15. The number of piperidine rings is 1. The third-order valence-electron chi connectivity index (χ3n) is 7.99. The first-order valence-corrected chi connectivity index (χ1v) is 13.3. The number of phenolic OH excluding ortho intramolecular Hbond substituents is 1. The highest BCUT2D eigenvalue weighted by molar-refractivity contribution is 7.98. The number of alkyl halides is 1. The minimum atomic E-state index is -2.33. The highest BCUT2D eigenvalue weighted by atomic mass is 32.2. The monoisotopic (exact) mass is 527 g/mol. The molecule has 2 N–H and O–H groups in total. The zero-order chi connectivity index (χ0) is 28.4. The molecule has 4 atom stereocenters. The molecule has 194 valence electrons. The number of pyridine rings is 1. The smallest absolute Gasteiger partial charge is 0.185 e. The molecule has 2 aromatic heterocycles. The van der Waals surface area contributed by atoms with Crippen LogP contribution in [0.25, 0.3) is 22.5 Å². The Labute approximate surface area is 223 Å². The maximum absolute atomic E-state index is 15.9. The van der Waals surface area contributed by atoms with Crippen LogP contribution in [0, 0.1) is 5.82 Å². The lowest BCUT2D eigenvalue weighted by molar-refractivity contribution is 0.0831. The largest absolute Gasteiger partial charge is 0.507 e. The molecule has 3 fully saturated rings. The van der Waals surface area contributed by atoms with E-state index in [0.29, 0.717) is 35.1 Å². The number of rotatable bonds is 6. The number of phenols is 1. The topological polar surface area (TPSA) is 87.1 Å². The molecule has 0 unspecified atom stereocenters. The van der Waals surface area contributed by atoms with Crippen molar-refractivity contribution >= 4 is 17.6 Å². The number of benzene rings is 1. The minimum absolute atomic E-state index is 0.108. The summed E-state index contributed by atoms with van der Waals surface area (Å²) >= 11 is 0.546. The van der Waals surface area contributed by atoms with Gasteiger partial charge in [-0.3, -0.25) is 0 Å². The Balaban J connectivity index is 1.26. The number of halogens is 2. The summed E-state index contributed by atoms with van der Waals surface area (Å²) in [4.78, 5) is 10.4. The van der Waals surface area contributed by atoms with E-state index in [1.54, 1.807) is 18.3 Å². The lowest BCUT2D eigenvalue weighted by Crippen LogP contribution is -2.66. The fourth-order valence-electron chi connectivity index (χ4n) is 6.02. The summed E-state index contributed by atoms with van der Waals surface area (Å²) < 4.78 is 52.6. The third-order valence-corrected chi connectivity index (χ3v) is 8.42. The van der Waals surface area contributed by atoms with Gasteiger partial charge in [-0.15, -0.1) is 22.0 Å². The molecule has 1 aliphatic carbocycles. The second-order valence-electron chi connectivity index (χ2n) is 10.9. The normalized spacial score (nSPS) is 30.4. The molecule has 3 aliphatic rings. The Hall–Kier alpha value is -2.85. The van der Waals surface area contributed by atoms with Gasteiger partial charge in [0.15, 0.2) is 11.6 Å². The molecule has 0 amide bonds. The molecular weight excluding hydrogens is 494 g/mol. The average molecular weight is 528 g/mol. The lowest BCUT2D eigenvalue weighted by atomic mass is 9.82. The van der Waals surface area contributed by atoms with Crippen molar-refractivity contribution in [2.75, 3.05) is 11.1 Å². The Morgan fingerprint density at radius 2 is 1.97 bits per heavy atom. The van der Waals surface area contributed by atoms with Gasteiger partial charge < -0.3 is 15.3 Å². The van der Waals surface area contributed by atoms with Gasteiger partial charge in [0, 0.05) is 26.8 Å². The van der Waals surface area contributed by atoms with Gasteiger partial charge in [0.25, 0.3) is 0 Å². The van der Waals surface area contributed by atoms with Gasteiger partial charge in [-0.05, 0) is 75.9 Å². The highest BCUT2D eigenvalue weighted by Gasteiger charge is 2.58. The Morgan fingerprint density at radius 3 is 2.68 bits per heavy atom. The van der Waals surface area contributed by atoms with Crippen LogP contribution in [0.3, 0.4) is 0 Å². The molecule has 7 nitrogen and oxygen atoms in total. The molecule has 0 spiro atoms. The molecule has 37 heavy (non-hydrogen) atoms. The van der Waals surface area contributed by atoms with E-state index in [9.17, 15) is 9.50 Å². The number of aromatic nitrogens is 4. The van der Waals surface area contributed by atoms with Crippen LogP contribution in [-0.2, 0) is 0 Å². The summed E-state index contributed by atoms with van der Waals surface area (Å²) in [7, 11) is 0. The van der Waals surface area contributed by atoms with Gasteiger partial charge in [0.1, 0.15) is 17.7 Å². The molecule has 0 radical (unpaired) electrons. The van der Waals surface area contributed by atoms with Gasteiger partial charge in [-0.2, -0.15) is 0 Å². The predicted molar refractivity (Wildman–Crippen MR) is 140 cm³/mol. The first-order valence-electron chi connectivity index (χ1n) is 13.9. The quantitative estimate of drug-likeness (QED) is 0.426. The van der Waals surface area contributed by atoms with Gasteiger partial charge in [0.2, 0.25) is 0 Å². The SMILES string of the molecule is [2H]C([2H])([2H])Sc1cc(-c2ccc(-c3ncc(N(C4CC4)[C@@H]4C[C@@]5(C)CC[C@](C)(N5)[C@@H]4F)nn3)c(O)c2)c(F)cn1.